The molecule has 1 unspecified atom stereocenters. The van der Waals surface area contributed by atoms with Gasteiger partial charge in [-0.05, 0) is 26.8 Å². The van der Waals surface area contributed by atoms with Crippen molar-refractivity contribution in [3.05, 3.63) is 54.5 Å². The van der Waals surface area contributed by atoms with E-state index in [-0.39, 0.29) is 24.6 Å². The highest BCUT2D eigenvalue weighted by Crippen LogP contribution is 2.53. The van der Waals surface area contributed by atoms with E-state index in [1.807, 2.05) is 0 Å². The molecule has 0 aliphatic heterocycles. The molecule has 7 nitrogen and oxygen atoms in total. The number of benzene rings is 1. The van der Waals surface area contributed by atoms with Gasteiger partial charge in [0.25, 0.3) is 0 Å². The number of Topliss-reactive ketones (excluding diaryl/α,β-unsaturated/α-hetero) is 1. The number of hydrogen-bond donors (Lipinski definition) is 1. The summed E-state index contributed by atoms with van der Waals surface area (Å²) < 4.78 is 38.6. The fourth-order valence-electron chi connectivity index (χ4n) is 3.04. The summed E-state index contributed by atoms with van der Waals surface area (Å²) in [6.45, 7) is 11.5. The van der Waals surface area contributed by atoms with E-state index >= 15 is 0 Å². The van der Waals surface area contributed by atoms with E-state index in [0.29, 0.717) is 10.9 Å². The predicted molar refractivity (Wildman–Crippen MR) is 116 cm³/mol. The second-order valence-electron chi connectivity index (χ2n) is 6.55. The minimum absolute atomic E-state index is 0.0307. The summed E-state index contributed by atoms with van der Waals surface area (Å²) in [6.07, 6.45) is 0. The van der Waals surface area contributed by atoms with Gasteiger partial charge in [-0.15, -0.1) is 0 Å². The van der Waals surface area contributed by atoms with E-state index in [4.69, 9.17) is 9.05 Å². The lowest BCUT2D eigenvalue weighted by molar-refractivity contribution is -0.116. The molecule has 0 fully saturated rings. The van der Waals surface area contributed by atoms with Crippen LogP contribution < -0.4 is 5.32 Å². The van der Waals surface area contributed by atoms with Crippen LogP contribution in [0.25, 0.3) is 10.9 Å². The summed E-state index contributed by atoms with van der Waals surface area (Å²) in [4.78, 5) is 25.8. The number of hydrogen-bond acceptors (Lipinski definition) is 5. The van der Waals surface area contributed by atoms with Crippen molar-refractivity contribution in [2.75, 3.05) is 18.5 Å². The van der Waals surface area contributed by atoms with Crippen molar-refractivity contribution in [2.45, 2.75) is 26.4 Å². The number of para-hydroxylation sites is 1. The van der Waals surface area contributed by atoms with Crippen LogP contribution in [0.1, 0.15) is 31.3 Å². The molecule has 30 heavy (non-hydrogen) atoms. The van der Waals surface area contributed by atoms with E-state index in [0.717, 1.165) is 0 Å². The molecule has 2 aromatic rings. The van der Waals surface area contributed by atoms with Crippen LogP contribution in [0.3, 0.4) is 0 Å². The Morgan fingerprint density at radius 2 is 1.77 bits per heavy atom. The number of nitrogens with zero attached hydrogens (tertiary/aromatic N) is 1. The molecule has 1 aromatic heterocycles. The minimum atomic E-state index is -3.73. The average molecular weight is 436 g/mol. The quantitative estimate of drug-likeness (QED) is 0.245. The summed E-state index contributed by atoms with van der Waals surface area (Å²) in [5.74, 6) is -2.34. The number of allylic oxidation sites excluding steroid dienone is 2. The lowest BCUT2D eigenvalue weighted by Gasteiger charge is -2.22. The number of aryl methyl sites for hydroxylation is 1. The first-order valence-electron chi connectivity index (χ1n) is 9.44. The van der Waals surface area contributed by atoms with E-state index in [9.17, 15) is 18.5 Å². The fourth-order valence-corrected chi connectivity index (χ4v) is 4.64. The van der Waals surface area contributed by atoms with Crippen molar-refractivity contribution in [2.24, 2.45) is 7.05 Å². The first kappa shape index (κ1) is 23.7. The molecular formula is C21H26FN2O5P. The average Bonchev–Trinajstić information content (AvgIpc) is 2.98. The van der Waals surface area contributed by atoms with Gasteiger partial charge < -0.3 is 18.9 Å². The maximum Gasteiger partial charge on any atom is 0.342 e. The molecule has 0 aliphatic carbocycles. The van der Waals surface area contributed by atoms with Gasteiger partial charge in [-0.3, -0.25) is 14.2 Å². The van der Waals surface area contributed by atoms with Crippen LogP contribution in [0, 0.1) is 0 Å². The first-order valence-corrected chi connectivity index (χ1v) is 11.1. The first-order chi connectivity index (χ1) is 14.1. The van der Waals surface area contributed by atoms with Gasteiger partial charge in [0.1, 0.15) is 17.2 Å². The minimum Gasteiger partial charge on any atom is -0.339 e. The van der Waals surface area contributed by atoms with Gasteiger partial charge in [0.15, 0.2) is 0 Å². The summed E-state index contributed by atoms with van der Waals surface area (Å²) in [5.41, 5.74) is -0.726. The van der Waals surface area contributed by atoms with Crippen molar-refractivity contribution in [3.63, 3.8) is 0 Å². The number of carbonyl (C=O) groups is 2. The molecule has 0 aliphatic rings. The number of ketones is 1. The van der Waals surface area contributed by atoms with Gasteiger partial charge in [-0.1, -0.05) is 31.4 Å². The van der Waals surface area contributed by atoms with Crippen LogP contribution in [-0.2, 0) is 25.5 Å². The third-order valence-corrected chi connectivity index (χ3v) is 7.06. The Kier molecular flexibility index (Phi) is 7.53. The zero-order chi connectivity index (χ0) is 22.6. The zero-order valence-corrected chi connectivity index (χ0v) is 18.4. The molecule has 1 amide bonds. The Labute approximate surface area is 175 Å². The lowest BCUT2D eigenvalue weighted by Crippen LogP contribution is -2.28. The lowest BCUT2D eigenvalue weighted by atomic mass is 10.1. The molecule has 0 radical (unpaired) electrons. The normalized spacial score (nSPS) is 12.6. The van der Waals surface area contributed by atoms with Gasteiger partial charge in [0.2, 0.25) is 11.7 Å². The number of rotatable bonds is 10. The third kappa shape index (κ3) is 4.46. The van der Waals surface area contributed by atoms with Crippen LogP contribution in [-0.4, -0.2) is 35.1 Å². The highest BCUT2D eigenvalue weighted by molar-refractivity contribution is 7.55. The standard InChI is InChI=1S/C21H26FN2O5P/c1-7-28-30(27,29-8-2)15(5)21(26)23-18-16-11-9-10-12-17(16)24(6)19(18)20(25)13(3)14(4)22/h9-12,15H,3-4,7-8H2,1-2,5-6H3,(H,23,26). The molecule has 0 saturated heterocycles. The Morgan fingerprint density at radius 1 is 1.20 bits per heavy atom. The number of carbonyl (C=O) groups excluding carboxylic acids is 2. The fraction of sp³-hybridized carbons (Fsp3) is 0.333. The van der Waals surface area contributed by atoms with E-state index < -0.39 is 36.3 Å². The van der Waals surface area contributed by atoms with Crippen LogP contribution in [0.15, 0.2) is 48.8 Å². The van der Waals surface area contributed by atoms with E-state index in [1.165, 1.54) is 11.5 Å². The highest BCUT2D eigenvalue weighted by Gasteiger charge is 2.38. The third-order valence-electron chi connectivity index (χ3n) is 4.64. The topological polar surface area (TPSA) is 86.6 Å². The van der Waals surface area contributed by atoms with Gasteiger partial charge >= 0.3 is 7.60 Å². The molecule has 162 valence electrons. The van der Waals surface area contributed by atoms with Gasteiger partial charge in [0.05, 0.1) is 30.0 Å². The molecule has 0 bridgehead atoms. The number of halogens is 1. The molecule has 1 aromatic carbocycles. The number of anilines is 1. The maximum atomic E-state index is 13.6. The second-order valence-corrected chi connectivity index (χ2v) is 8.92. The van der Waals surface area contributed by atoms with Crippen molar-refractivity contribution in [3.8, 4) is 0 Å². The van der Waals surface area contributed by atoms with E-state index in [1.54, 1.807) is 45.2 Å². The van der Waals surface area contributed by atoms with Gasteiger partial charge in [-0.25, -0.2) is 4.39 Å². The Balaban J connectivity index is 2.56. The summed E-state index contributed by atoms with van der Waals surface area (Å²) in [5, 5.41) is 3.22. The van der Waals surface area contributed by atoms with Crippen molar-refractivity contribution in [1.29, 1.82) is 0 Å². The molecule has 1 N–H and O–H groups in total. The number of fused-ring (bicyclic) bond motifs is 1. The monoisotopic (exact) mass is 436 g/mol. The van der Waals surface area contributed by atoms with Crippen molar-refractivity contribution in [1.82, 2.24) is 4.57 Å². The van der Waals surface area contributed by atoms with Gasteiger partial charge in [0, 0.05) is 12.4 Å². The Morgan fingerprint density at radius 3 is 2.30 bits per heavy atom. The summed E-state index contributed by atoms with van der Waals surface area (Å²) in [7, 11) is -2.11. The molecule has 2 rings (SSSR count). The molecule has 1 atom stereocenters. The summed E-state index contributed by atoms with van der Waals surface area (Å²) >= 11 is 0. The van der Waals surface area contributed by atoms with Crippen LogP contribution in [0.4, 0.5) is 10.1 Å². The summed E-state index contributed by atoms with van der Waals surface area (Å²) in [6, 6.07) is 6.98. The van der Waals surface area contributed by atoms with Crippen LogP contribution >= 0.6 is 7.60 Å². The van der Waals surface area contributed by atoms with Gasteiger partial charge in [-0.2, -0.15) is 0 Å². The Bertz CT molecular complexity index is 1050. The molecule has 0 saturated carbocycles. The van der Waals surface area contributed by atoms with Crippen LogP contribution in [0.5, 0.6) is 0 Å². The number of amides is 1. The predicted octanol–water partition coefficient (Wildman–Crippen LogP) is 4.99. The molecular weight excluding hydrogens is 410 g/mol. The second kappa shape index (κ2) is 9.51. The smallest absolute Gasteiger partial charge is 0.339 e. The van der Waals surface area contributed by atoms with Crippen molar-refractivity contribution >= 4 is 35.9 Å². The van der Waals surface area contributed by atoms with E-state index in [2.05, 4.69) is 18.5 Å². The largest absolute Gasteiger partial charge is 0.342 e. The van der Waals surface area contributed by atoms with Crippen LogP contribution in [0.2, 0.25) is 0 Å². The highest BCUT2D eigenvalue weighted by atomic mass is 31.2. The zero-order valence-electron chi connectivity index (χ0n) is 17.5. The molecule has 0 spiro atoms. The SMILES string of the molecule is C=C(F)C(=C)C(=O)c1c(NC(=O)C(C)P(=O)(OCC)OCC)c2ccccc2n1C. The molecule has 9 heteroatoms. The number of aromatic nitrogens is 1. The Hall–Kier alpha value is -2.54. The number of nitrogens with one attached hydrogen (secondary N) is 1. The van der Waals surface area contributed by atoms with Crippen molar-refractivity contribution < 1.29 is 27.6 Å². The molecule has 1 heterocycles. The maximum absolute atomic E-state index is 13.6.